The lowest BCUT2D eigenvalue weighted by atomic mass is 9.95. The maximum atomic E-state index is 12.2. The molecule has 1 aliphatic carbocycles. The second kappa shape index (κ2) is 5.29. The van der Waals surface area contributed by atoms with Crippen LogP contribution < -0.4 is 11.1 Å². The van der Waals surface area contributed by atoms with Crippen molar-refractivity contribution in [3.8, 4) is 0 Å². The molecule has 0 aliphatic heterocycles. The van der Waals surface area contributed by atoms with Gasteiger partial charge in [0, 0.05) is 11.6 Å². The van der Waals surface area contributed by atoms with Crippen LogP contribution in [-0.4, -0.2) is 19.0 Å². The standard InChI is InChI=1S/C14H19ClN2O/c1-10(8-16)9-17-13(18)14(6-7-14)11-2-4-12(15)5-3-11/h2-5,10H,6-9,16H2,1H3,(H,17,18). The average Bonchev–Trinajstić information content (AvgIpc) is 3.17. The number of carbonyl (C=O) groups excluding carboxylic acids is 1. The van der Waals surface area contributed by atoms with Gasteiger partial charge in [0.15, 0.2) is 0 Å². The van der Waals surface area contributed by atoms with Crippen LogP contribution in [0.5, 0.6) is 0 Å². The van der Waals surface area contributed by atoms with Gasteiger partial charge in [-0.1, -0.05) is 30.7 Å². The molecule has 3 nitrogen and oxygen atoms in total. The quantitative estimate of drug-likeness (QED) is 0.857. The predicted molar refractivity (Wildman–Crippen MR) is 73.6 cm³/mol. The van der Waals surface area contributed by atoms with E-state index in [1.54, 1.807) is 0 Å². The van der Waals surface area contributed by atoms with E-state index in [2.05, 4.69) is 5.32 Å². The highest BCUT2D eigenvalue weighted by Crippen LogP contribution is 2.48. The van der Waals surface area contributed by atoms with Crippen molar-refractivity contribution in [2.45, 2.75) is 25.2 Å². The molecule has 1 aliphatic rings. The fourth-order valence-corrected chi connectivity index (χ4v) is 2.19. The number of halogens is 1. The van der Waals surface area contributed by atoms with E-state index in [9.17, 15) is 4.79 Å². The highest BCUT2D eigenvalue weighted by atomic mass is 35.5. The van der Waals surface area contributed by atoms with Crippen molar-refractivity contribution in [3.63, 3.8) is 0 Å². The molecule has 0 bridgehead atoms. The molecule has 0 radical (unpaired) electrons. The molecule has 4 heteroatoms. The molecule has 1 amide bonds. The van der Waals surface area contributed by atoms with E-state index in [1.165, 1.54) is 0 Å². The van der Waals surface area contributed by atoms with Crippen molar-refractivity contribution >= 4 is 17.5 Å². The van der Waals surface area contributed by atoms with Gasteiger partial charge in [-0.05, 0) is 43.0 Å². The van der Waals surface area contributed by atoms with Crippen LogP contribution in [-0.2, 0) is 10.2 Å². The van der Waals surface area contributed by atoms with Crippen LogP contribution in [0.4, 0.5) is 0 Å². The lowest BCUT2D eigenvalue weighted by Gasteiger charge is -2.17. The third-order valence-electron chi connectivity index (χ3n) is 3.59. The molecule has 2 rings (SSSR count). The van der Waals surface area contributed by atoms with E-state index in [0.717, 1.165) is 18.4 Å². The molecule has 1 saturated carbocycles. The number of carbonyl (C=O) groups is 1. The van der Waals surface area contributed by atoms with Crippen molar-refractivity contribution in [3.05, 3.63) is 34.9 Å². The first kappa shape index (κ1) is 13.4. The van der Waals surface area contributed by atoms with Crippen LogP contribution in [0, 0.1) is 5.92 Å². The number of hydrogen-bond acceptors (Lipinski definition) is 2. The van der Waals surface area contributed by atoms with Crippen LogP contribution in [0.3, 0.4) is 0 Å². The molecule has 3 N–H and O–H groups in total. The summed E-state index contributed by atoms with van der Waals surface area (Å²) in [4.78, 5) is 12.2. The van der Waals surface area contributed by atoms with E-state index in [4.69, 9.17) is 17.3 Å². The van der Waals surface area contributed by atoms with Crippen molar-refractivity contribution in [2.75, 3.05) is 13.1 Å². The van der Waals surface area contributed by atoms with Crippen molar-refractivity contribution < 1.29 is 4.79 Å². The molecular weight excluding hydrogens is 248 g/mol. The van der Waals surface area contributed by atoms with Gasteiger partial charge >= 0.3 is 0 Å². The second-order valence-corrected chi connectivity index (χ2v) is 5.58. The fourth-order valence-electron chi connectivity index (χ4n) is 2.06. The van der Waals surface area contributed by atoms with Gasteiger partial charge in [-0.2, -0.15) is 0 Å². The lowest BCUT2D eigenvalue weighted by Crippen LogP contribution is -2.38. The normalized spacial score (nSPS) is 18.2. The summed E-state index contributed by atoms with van der Waals surface area (Å²) in [5.41, 5.74) is 6.28. The van der Waals surface area contributed by atoms with Crippen molar-refractivity contribution in [1.82, 2.24) is 5.32 Å². The molecule has 1 atom stereocenters. The summed E-state index contributed by atoms with van der Waals surface area (Å²) in [6.07, 6.45) is 1.83. The zero-order valence-corrected chi connectivity index (χ0v) is 11.3. The van der Waals surface area contributed by atoms with Crippen LogP contribution >= 0.6 is 11.6 Å². The topological polar surface area (TPSA) is 55.1 Å². The van der Waals surface area contributed by atoms with Gasteiger partial charge < -0.3 is 11.1 Å². The molecule has 0 saturated heterocycles. The van der Waals surface area contributed by atoms with Gasteiger partial charge in [0.2, 0.25) is 5.91 Å². The van der Waals surface area contributed by atoms with Crippen molar-refractivity contribution in [1.29, 1.82) is 0 Å². The zero-order valence-electron chi connectivity index (χ0n) is 10.6. The smallest absolute Gasteiger partial charge is 0.230 e. The SMILES string of the molecule is CC(CN)CNC(=O)C1(c2ccc(Cl)cc2)CC1. The van der Waals surface area contributed by atoms with E-state index >= 15 is 0 Å². The van der Waals surface area contributed by atoms with Crippen LogP contribution in [0.25, 0.3) is 0 Å². The van der Waals surface area contributed by atoms with Gasteiger partial charge in [-0.3, -0.25) is 4.79 Å². The Bertz CT molecular complexity index is 426. The van der Waals surface area contributed by atoms with Crippen LogP contribution in [0.2, 0.25) is 5.02 Å². The Hall–Kier alpha value is -1.06. The highest BCUT2D eigenvalue weighted by Gasteiger charge is 2.51. The monoisotopic (exact) mass is 266 g/mol. The number of nitrogens with two attached hydrogens (primary N) is 1. The van der Waals surface area contributed by atoms with Gasteiger partial charge in [0.05, 0.1) is 5.41 Å². The summed E-state index contributed by atoms with van der Waals surface area (Å²) in [6, 6.07) is 7.57. The highest BCUT2D eigenvalue weighted by molar-refractivity contribution is 6.30. The van der Waals surface area contributed by atoms with Gasteiger partial charge in [-0.15, -0.1) is 0 Å². The van der Waals surface area contributed by atoms with E-state index in [-0.39, 0.29) is 11.3 Å². The molecule has 0 heterocycles. The summed E-state index contributed by atoms with van der Waals surface area (Å²) in [6.45, 7) is 3.26. The first-order valence-electron chi connectivity index (χ1n) is 6.33. The first-order chi connectivity index (χ1) is 8.58. The Labute approximate surface area is 113 Å². The van der Waals surface area contributed by atoms with Crippen LogP contribution in [0.15, 0.2) is 24.3 Å². The van der Waals surface area contributed by atoms with Crippen LogP contribution in [0.1, 0.15) is 25.3 Å². The fraction of sp³-hybridized carbons (Fsp3) is 0.500. The summed E-state index contributed by atoms with van der Waals surface area (Å²) < 4.78 is 0. The second-order valence-electron chi connectivity index (χ2n) is 5.14. The maximum Gasteiger partial charge on any atom is 0.230 e. The number of hydrogen-bond donors (Lipinski definition) is 2. The number of rotatable bonds is 5. The molecule has 1 fully saturated rings. The molecule has 18 heavy (non-hydrogen) atoms. The van der Waals surface area contributed by atoms with Crippen molar-refractivity contribution in [2.24, 2.45) is 11.7 Å². The van der Waals surface area contributed by atoms with E-state index in [0.29, 0.717) is 24.0 Å². The maximum absolute atomic E-state index is 12.2. The Morgan fingerprint density at radius 2 is 2.06 bits per heavy atom. The molecule has 1 unspecified atom stereocenters. The molecule has 1 aromatic rings. The zero-order chi connectivity index (χ0) is 13.2. The number of amides is 1. The first-order valence-corrected chi connectivity index (χ1v) is 6.71. The minimum Gasteiger partial charge on any atom is -0.355 e. The molecule has 0 spiro atoms. The number of nitrogens with one attached hydrogen (secondary N) is 1. The molecule has 98 valence electrons. The predicted octanol–water partition coefficient (Wildman–Crippen LogP) is 2.08. The van der Waals surface area contributed by atoms with E-state index in [1.807, 2.05) is 31.2 Å². The largest absolute Gasteiger partial charge is 0.355 e. The van der Waals surface area contributed by atoms with Gasteiger partial charge in [-0.25, -0.2) is 0 Å². The summed E-state index contributed by atoms with van der Waals surface area (Å²) in [5, 5.41) is 3.70. The summed E-state index contributed by atoms with van der Waals surface area (Å²) >= 11 is 5.87. The van der Waals surface area contributed by atoms with Gasteiger partial charge in [0.1, 0.15) is 0 Å². The third kappa shape index (κ3) is 2.68. The van der Waals surface area contributed by atoms with E-state index < -0.39 is 0 Å². The Balaban J connectivity index is 2.03. The molecule has 1 aromatic carbocycles. The Morgan fingerprint density at radius 3 is 2.56 bits per heavy atom. The minimum absolute atomic E-state index is 0.116. The van der Waals surface area contributed by atoms with Gasteiger partial charge in [0.25, 0.3) is 0 Å². The Morgan fingerprint density at radius 1 is 1.44 bits per heavy atom. The lowest BCUT2D eigenvalue weighted by molar-refractivity contribution is -0.123. The minimum atomic E-state index is -0.321. The summed E-state index contributed by atoms with van der Waals surface area (Å²) in [5.74, 6) is 0.431. The molecular formula is C14H19ClN2O. The Kier molecular flexibility index (Phi) is 3.93. The third-order valence-corrected chi connectivity index (χ3v) is 3.85. The summed E-state index contributed by atoms with van der Waals surface area (Å²) in [7, 11) is 0. The molecule has 0 aromatic heterocycles. The average molecular weight is 267 g/mol. The number of benzene rings is 1.